The highest BCUT2D eigenvalue weighted by Crippen LogP contribution is 2.45. The van der Waals surface area contributed by atoms with Crippen molar-refractivity contribution in [2.24, 2.45) is 0 Å². The summed E-state index contributed by atoms with van der Waals surface area (Å²) < 4.78 is 68.8. The largest absolute Gasteiger partial charge is 0.472 e. The van der Waals surface area contributed by atoms with Crippen molar-refractivity contribution in [3.8, 4) is 0 Å². The Morgan fingerprint density at radius 1 is 0.231 bits per heavy atom. The van der Waals surface area contributed by atoms with E-state index in [0.717, 1.165) is 89.9 Å². The third-order valence-electron chi connectivity index (χ3n) is 20.1. The molecule has 0 bridgehead atoms. The number of aliphatic hydroxyl groups excluding tert-OH is 1. The molecule has 0 aliphatic carbocycles. The lowest BCUT2D eigenvalue weighted by atomic mass is 10.0. The van der Waals surface area contributed by atoms with Crippen LogP contribution in [0.2, 0.25) is 0 Å². The lowest BCUT2D eigenvalue weighted by Crippen LogP contribution is -2.30. The van der Waals surface area contributed by atoms with Crippen LogP contribution in [0.1, 0.15) is 464 Å². The van der Waals surface area contributed by atoms with Gasteiger partial charge < -0.3 is 33.8 Å². The number of rotatable bonds is 86. The Kier molecular flexibility index (Phi) is 77.7. The number of aliphatic hydroxyl groups is 1. The van der Waals surface area contributed by atoms with Gasteiger partial charge in [-0.3, -0.25) is 37.3 Å². The van der Waals surface area contributed by atoms with Crippen molar-refractivity contribution in [2.75, 3.05) is 39.6 Å². The van der Waals surface area contributed by atoms with Crippen LogP contribution in [-0.4, -0.2) is 96.7 Å². The fourth-order valence-electron chi connectivity index (χ4n) is 13.3. The van der Waals surface area contributed by atoms with E-state index in [9.17, 15) is 43.2 Å². The predicted octanol–water partition coefficient (Wildman–Crippen LogP) is 26.1. The van der Waals surface area contributed by atoms with Gasteiger partial charge in [0.25, 0.3) is 0 Å². The van der Waals surface area contributed by atoms with Crippen LogP contribution in [0.5, 0.6) is 0 Å². The monoisotopic (exact) mass is 1520 g/mol. The Hall–Kier alpha value is -1.94. The normalized spacial score (nSPS) is 13.7. The Labute approximate surface area is 638 Å². The molecule has 0 aromatic rings. The van der Waals surface area contributed by atoms with Crippen molar-refractivity contribution in [2.45, 2.75) is 483 Å². The molecular weight excluding hydrogens is 1350 g/mol. The summed E-state index contributed by atoms with van der Waals surface area (Å²) >= 11 is 0. The minimum absolute atomic E-state index is 0.109. The fourth-order valence-corrected chi connectivity index (χ4v) is 14.9. The number of phosphoric acid groups is 2. The van der Waals surface area contributed by atoms with Gasteiger partial charge in [0.2, 0.25) is 0 Å². The van der Waals surface area contributed by atoms with Crippen LogP contribution in [0.25, 0.3) is 0 Å². The van der Waals surface area contributed by atoms with E-state index in [0.29, 0.717) is 25.7 Å². The maximum absolute atomic E-state index is 13.1. The summed E-state index contributed by atoms with van der Waals surface area (Å²) in [5, 5.41) is 10.7. The summed E-state index contributed by atoms with van der Waals surface area (Å²) in [4.78, 5) is 73.1. The van der Waals surface area contributed by atoms with Crippen LogP contribution < -0.4 is 0 Å². The molecule has 0 aliphatic heterocycles. The second-order valence-electron chi connectivity index (χ2n) is 30.6. The summed E-state index contributed by atoms with van der Waals surface area (Å²) in [5.74, 6) is -2.10. The maximum atomic E-state index is 13.1. The van der Waals surface area contributed by atoms with E-state index >= 15 is 0 Å². The first kappa shape index (κ1) is 102. The van der Waals surface area contributed by atoms with E-state index in [1.54, 1.807) is 0 Å². The standard InChI is InChI=1S/C85H166O17P2/c1-5-9-13-17-21-25-29-32-35-37-39-41-43-45-48-50-54-58-62-66-70-83(88)96-76-81(102-85(90)72-68-64-60-56-52-49-46-44-42-40-38-36-33-30-26-22-18-14-10-6-2)78-100-104(93,94)98-74-79(86)73-97-103(91,92)99-77-80(75-95-82(87)69-65-61-57-53-28-24-20-16-12-8-4)101-84(89)71-67-63-59-55-51-47-34-31-27-23-19-15-11-7-3/h79-81,86H,5-78H2,1-4H3,(H,91,92)(H,93,94)/t79-,80+,81+/m0/s1. The van der Waals surface area contributed by atoms with Crippen molar-refractivity contribution in [1.82, 2.24) is 0 Å². The number of unbranched alkanes of at least 4 members (excludes halogenated alkanes) is 60. The molecule has 0 saturated heterocycles. The first-order valence-electron chi connectivity index (χ1n) is 44.3. The molecule has 0 fully saturated rings. The first-order valence-corrected chi connectivity index (χ1v) is 47.3. The molecule has 0 aromatic carbocycles. The highest BCUT2D eigenvalue weighted by molar-refractivity contribution is 7.47. The number of phosphoric ester groups is 2. The quantitative estimate of drug-likeness (QED) is 0.0222. The zero-order chi connectivity index (χ0) is 76.0. The Bertz CT molecular complexity index is 1960. The Balaban J connectivity index is 5.21. The van der Waals surface area contributed by atoms with Crippen molar-refractivity contribution in [1.29, 1.82) is 0 Å². The summed E-state index contributed by atoms with van der Waals surface area (Å²) in [7, 11) is -9.92. The average Bonchev–Trinajstić information content (AvgIpc) is 0.905. The van der Waals surface area contributed by atoms with Crippen LogP contribution in [0.4, 0.5) is 0 Å². The smallest absolute Gasteiger partial charge is 0.462 e. The first-order chi connectivity index (χ1) is 50.7. The van der Waals surface area contributed by atoms with Crippen LogP contribution in [-0.2, 0) is 65.4 Å². The molecule has 0 rings (SSSR count). The van der Waals surface area contributed by atoms with E-state index in [2.05, 4.69) is 27.7 Å². The van der Waals surface area contributed by atoms with Gasteiger partial charge in [0.15, 0.2) is 12.2 Å². The van der Waals surface area contributed by atoms with Crippen LogP contribution in [0, 0.1) is 0 Å². The van der Waals surface area contributed by atoms with Gasteiger partial charge in [0.1, 0.15) is 19.3 Å². The minimum atomic E-state index is -4.96. The molecule has 2 unspecified atom stereocenters. The zero-order valence-electron chi connectivity index (χ0n) is 68.0. The van der Waals surface area contributed by atoms with Crippen molar-refractivity contribution < 1.29 is 80.2 Å². The van der Waals surface area contributed by atoms with Crippen molar-refractivity contribution in [3.05, 3.63) is 0 Å². The van der Waals surface area contributed by atoms with E-state index in [4.69, 9.17) is 37.0 Å². The van der Waals surface area contributed by atoms with Gasteiger partial charge >= 0.3 is 39.5 Å². The molecule has 104 heavy (non-hydrogen) atoms. The summed E-state index contributed by atoms with van der Waals surface area (Å²) in [5.41, 5.74) is 0. The molecule has 5 atom stereocenters. The third-order valence-corrected chi connectivity index (χ3v) is 22.0. The average molecular weight is 1520 g/mol. The summed E-state index contributed by atoms with van der Waals surface area (Å²) in [6.07, 6.45) is 73.6. The number of esters is 4. The van der Waals surface area contributed by atoms with Crippen molar-refractivity contribution in [3.63, 3.8) is 0 Å². The lowest BCUT2D eigenvalue weighted by molar-refractivity contribution is -0.161. The van der Waals surface area contributed by atoms with Gasteiger partial charge in [0, 0.05) is 25.7 Å². The minimum Gasteiger partial charge on any atom is -0.462 e. The highest BCUT2D eigenvalue weighted by atomic mass is 31.2. The lowest BCUT2D eigenvalue weighted by Gasteiger charge is -2.21. The van der Waals surface area contributed by atoms with E-state index in [1.807, 2.05) is 0 Å². The molecule has 19 heteroatoms. The number of carbonyl (C=O) groups is 4. The van der Waals surface area contributed by atoms with Gasteiger partial charge in [-0.1, -0.05) is 413 Å². The number of hydrogen-bond acceptors (Lipinski definition) is 15. The maximum Gasteiger partial charge on any atom is 0.472 e. The number of hydrogen-bond donors (Lipinski definition) is 3. The Morgan fingerprint density at radius 3 is 0.567 bits per heavy atom. The highest BCUT2D eigenvalue weighted by Gasteiger charge is 2.30. The summed E-state index contributed by atoms with van der Waals surface area (Å²) in [6.45, 7) is 5.04. The van der Waals surface area contributed by atoms with E-state index in [-0.39, 0.29) is 25.7 Å². The SMILES string of the molecule is CCCCCCCCCCCCCCCCCCCCCCC(=O)OC[C@H](COP(=O)(O)OC[C@@H](O)COP(=O)(O)OC[C@@H](COC(=O)CCCCCCCCCCCC)OC(=O)CCCCCCCCCCCCCCCC)OC(=O)CCCCCCCCCCCCCCCCCCCCCC. The summed E-state index contributed by atoms with van der Waals surface area (Å²) in [6, 6.07) is 0. The molecule has 0 aromatic heterocycles. The molecule has 0 saturated carbocycles. The zero-order valence-corrected chi connectivity index (χ0v) is 69.8. The van der Waals surface area contributed by atoms with E-state index < -0.39 is 97.5 Å². The van der Waals surface area contributed by atoms with Gasteiger partial charge in [0.05, 0.1) is 26.4 Å². The van der Waals surface area contributed by atoms with E-state index in [1.165, 1.54) is 295 Å². The predicted molar refractivity (Wildman–Crippen MR) is 428 cm³/mol. The molecule has 3 N–H and O–H groups in total. The molecule has 17 nitrogen and oxygen atoms in total. The van der Waals surface area contributed by atoms with Gasteiger partial charge in [-0.25, -0.2) is 9.13 Å². The fraction of sp³-hybridized carbons (Fsp3) is 0.953. The second-order valence-corrected chi connectivity index (χ2v) is 33.5. The van der Waals surface area contributed by atoms with Gasteiger partial charge in [-0.2, -0.15) is 0 Å². The number of ether oxygens (including phenoxy) is 4. The molecular formula is C85H166O17P2. The second kappa shape index (κ2) is 79.2. The van der Waals surface area contributed by atoms with Crippen molar-refractivity contribution >= 4 is 39.5 Å². The Morgan fingerprint density at radius 2 is 0.385 bits per heavy atom. The van der Waals surface area contributed by atoms with Crippen LogP contribution >= 0.6 is 15.6 Å². The topological polar surface area (TPSA) is 237 Å². The third kappa shape index (κ3) is 78.2. The van der Waals surface area contributed by atoms with Gasteiger partial charge in [-0.15, -0.1) is 0 Å². The molecule has 0 amide bonds. The molecule has 618 valence electrons. The number of carbonyl (C=O) groups excluding carboxylic acids is 4. The molecule has 0 spiro atoms. The molecule has 0 radical (unpaired) electrons. The molecule has 0 aliphatic rings. The molecule has 0 heterocycles. The van der Waals surface area contributed by atoms with Crippen LogP contribution in [0.3, 0.4) is 0 Å². The van der Waals surface area contributed by atoms with Crippen LogP contribution in [0.15, 0.2) is 0 Å². The van der Waals surface area contributed by atoms with Gasteiger partial charge in [-0.05, 0) is 25.7 Å².